The molecular formula is C23H21NO4S. The Bertz CT molecular complexity index is 1050. The zero-order valence-electron chi connectivity index (χ0n) is 16.1. The van der Waals surface area contributed by atoms with Gasteiger partial charge in [-0.15, -0.1) is 11.3 Å². The SMILES string of the molecule is COC(=O)c1c(NC(=O)/C(=C/c2ccco2)c2ccccc2)sc2c1CCCC2. The monoisotopic (exact) mass is 407 g/mol. The van der Waals surface area contributed by atoms with E-state index in [2.05, 4.69) is 5.32 Å². The molecule has 29 heavy (non-hydrogen) atoms. The fourth-order valence-electron chi connectivity index (χ4n) is 3.56. The molecule has 1 aliphatic carbocycles. The number of anilines is 1. The summed E-state index contributed by atoms with van der Waals surface area (Å²) in [5.41, 5.74) is 2.73. The molecule has 0 saturated carbocycles. The fraction of sp³-hybridized carbons (Fsp3) is 0.217. The molecule has 1 aromatic carbocycles. The van der Waals surface area contributed by atoms with Crippen molar-refractivity contribution >= 4 is 39.9 Å². The van der Waals surface area contributed by atoms with Crippen LogP contribution in [0.5, 0.6) is 0 Å². The molecule has 0 atom stereocenters. The van der Waals surface area contributed by atoms with E-state index in [0.29, 0.717) is 21.9 Å². The highest BCUT2D eigenvalue weighted by Crippen LogP contribution is 2.39. The number of hydrogen-bond donors (Lipinski definition) is 1. The molecule has 5 nitrogen and oxygen atoms in total. The molecule has 2 heterocycles. The van der Waals surface area contributed by atoms with Gasteiger partial charge in [-0.2, -0.15) is 0 Å². The number of amides is 1. The maximum Gasteiger partial charge on any atom is 0.341 e. The first-order chi connectivity index (χ1) is 14.2. The molecule has 0 fully saturated rings. The van der Waals surface area contributed by atoms with Crippen LogP contribution >= 0.6 is 11.3 Å². The first-order valence-electron chi connectivity index (χ1n) is 9.52. The van der Waals surface area contributed by atoms with Crippen molar-refractivity contribution in [2.45, 2.75) is 25.7 Å². The summed E-state index contributed by atoms with van der Waals surface area (Å²) < 4.78 is 10.4. The summed E-state index contributed by atoms with van der Waals surface area (Å²) in [6.45, 7) is 0. The predicted octanol–water partition coefficient (Wildman–Crippen LogP) is 5.19. The van der Waals surface area contributed by atoms with E-state index in [1.165, 1.54) is 18.4 Å². The molecule has 1 N–H and O–H groups in total. The zero-order valence-corrected chi connectivity index (χ0v) is 16.9. The summed E-state index contributed by atoms with van der Waals surface area (Å²) in [5.74, 6) is -0.120. The number of carbonyl (C=O) groups excluding carboxylic acids is 2. The minimum atomic E-state index is -0.407. The Morgan fingerprint density at radius 3 is 2.62 bits per heavy atom. The molecule has 3 aromatic rings. The van der Waals surface area contributed by atoms with Gasteiger partial charge in [0.2, 0.25) is 0 Å². The Balaban J connectivity index is 1.72. The molecule has 1 aliphatic rings. The van der Waals surface area contributed by atoms with Gasteiger partial charge in [0, 0.05) is 4.88 Å². The molecule has 1 amide bonds. The number of fused-ring (bicyclic) bond motifs is 1. The molecule has 0 unspecified atom stereocenters. The van der Waals surface area contributed by atoms with Crippen LogP contribution in [0.2, 0.25) is 0 Å². The number of thiophene rings is 1. The average Bonchev–Trinajstić information content (AvgIpc) is 3.39. The van der Waals surface area contributed by atoms with E-state index >= 15 is 0 Å². The van der Waals surface area contributed by atoms with Crippen molar-refractivity contribution < 1.29 is 18.7 Å². The third kappa shape index (κ3) is 4.03. The highest BCUT2D eigenvalue weighted by Gasteiger charge is 2.27. The Labute approximate surface area is 173 Å². The molecule has 0 bridgehead atoms. The number of ether oxygens (including phenoxy) is 1. The van der Waals surface area contributed by atoms with E-state index in [1.807, 2.05) is 30.3 Å². The van der Waals surface area contributed by atoms with Gasteiger partial charge in [0.05, 0.1) is 24.5 Å². The van der Waals surface area contributed by atoms with Crippen molar-refractivity contribution in [3.05, 3.63) is 76.1 Å². The third-order valence-corrected chi connectivity index (χ3v) is 6.15. The second kappa shape index (κ2) is 8.49. The smallest absolute Gasteiger partial charge is 0.341 e. The second-order valence-electron chi connectivity index (χ2n) is 6.80. The number of methoxy groups -OCH3 is 1. The minimum Gasteiger partial charge on any atom is -0.465 e. The van der Waals surface area contributed by atoms with E-state index in [9.17, 15) is 9.59 Å². The number of aryl methyl sites for hydroxylation is 1. The lowest BCUT2D eigenvalue weighted by molar-refractivity contribution is -0.111. The summed E-state index contributed by atoms with van der Waals surface area (Å²) >= 11 is 1.47. The quantitative estimate of drug-likeness (QED) is 0.467. The minimum absolute atomic E-state index is 0.295. The van der Waals surface area contributed by atoms with Crippen LogP contribution in [-0.4, -0.2) is 19.0 Å². The number of furan rings is 1. The third-order valence-electron chi connectivity index (χ3n) is 4.95. The van der Waals surface area contributed by atoms with E-state index in [0.717, 1.165) is 41.7 Å². The summed E-state index contributed by atoms with van der Waals surface area (Å²) in [7, 11) is 1.37. The molecule has 0 saturated heterocycles. The van der Waals surface area contributed by atoms with E-state index in [-0.39, 0.29) is 5.91 Å². The van der Waals surface area contributed by atoms with Crippen LogP contribution in [0.25, 0.3) is 11.6 Å². The Morgan fingerprint density at radius 2 is 1.90 bits per heavy atom. The van der Waals surface area contributed by atoms with Gasteiger partial charge in [-0.3, -0.25) is 4.79 Å². The van der Waals surface area contributed by atoms with Crippen LogP contribution in [0.3, 0.4) is 0 Å². The standard InChI is InChI=1S/C23H21NO4S/c1-27-23(26)20-17-11-5-6-12-19(17)29-22(20)24-21(25)18(14-16-10-7-13-28-16)15-8-3-2-4-9-15/h2-4,7-10,13-14H,5-6,11-12H2,1H3,(H,24,25)/b18-14+. The highest BCUT2D eigenvalue weighted by atomic mass is 32.1. The van der Waals surface area contributed by atoms with E-state index in [4.69, 9.17) is 9.15 Å². The van der Waals surface area contributed by atoms with E-state index in [1.54, 1.807) is 24.5 Å². The van der Waals surface area contributed by atoms with Gasteiger partial charge < -0.3 is 14.5 Å². The number of esters is 1. The lowest BCUT2D eigenvalue weighted by Gasteiger charge is -2.12. The van der Waals surface area contributed by atoms with Gasteiger partial charge in [0.1, 0.15) is 10.8 Å². The molecule has 0 aliphatic heterocycles. The zero-order chi connectivity index (χ0) is 20.2. The van der Waals surface area contributed by atoms with Crippen molar-refractivity contribution in [2.24, 2.45) is 0 Å². The Hall–Kier alpha value is -3.12. The van der Waals surface area contributed by atoms with Crippen molar-refractivity contribution in [3.63, 3.8) is 0 Å². The van der Waals surface area contributed by atoms with Crippen LogP contribution in [0.15, 0.2) is 53.1 Å². The molecule has 6 heteroatoms. The van der Waals surface area contributed by atoms with Crippen LogP contribution in [0.1, 0.15) is 45.0 Å². The van der Waals surface area contributed by atoms with Crippen LogP contribution in [0, 0.1) is 0 Å². The lowest BCUT2D eigenvalue weighted by Crippen LogP contribution is -2.16. The largest absolute Gasteiger partial charge is 0.465 e. The fourth-order valence-corrected chi connectivity index (χ4v) is 4.83. The van der Waals surface area contributed by atoms with Gasteiger partial charge in [0.15, 0.2) is 0 Å². The average molecular weight is 407 g/mol. The normalized spacial score (nSPS) is 13.6. The number of benzene rings is 1. The number of rotatable bonds is 5. The summed E-state index contributed by atoms with van der Waals surface area (Å²) in [5, 5.41) is 3.51. The van der Waals surface area contributed by atoms with Crippen molar-refractivity contribution in [1.82, 2.24) is 0 Å². The second-order valence-corrected chi connectivity index (χ2v) is 7.91. The predicted molar refractivity (Wildman–Crippen MR) is 114 cm³/mol. The van der Waals surface area contributed by atoms with E-state index < -0.39 is 5.97 Å². The van der Waals surface area contributed by atoms with Gasteiger partial charge >= 0.3 is 5.97 Å². The van der Waals surface area contributed by atoms with Gasteiger partial charge in [0.25, 0.3) is 5.91 Å². The van der Waals surface area contributed by atoms with Gasteiger partial charge in [-0.25, -0.2) is 4.79 Å². The van der Waals surface area contributed by atoms with Crippen LogP contribution in [-0.2, 0) is 22.4 Å². The number of carbonyl (C=O) groups is 2. The number of hydrogen-bond acceptors (Lipinski definition) is 5. The molecule has 0 radical (unpaired) electrons. The topological polar surface area (TPSA) is 68.5 Å². The summed E-state index contributed by atoms with van der Waals surface area (Å²) in [4.78, 5) is 26.9. The molecule has 0 spiro atoms. The molecule has 2 aromatic heterocycles. The van der Waals surface area contributed by atoms with Crippen molar-refractivity contribution in [2.75, 3.05) is 12.4 Å². The maximum atomic E-state index is 13.2. The summed E-state index contributed by atoms with van der Waals surface area (Å²) in [6.07, 6.45) is 7.16. The molecule has 148 valence electrons. The van der Waals surface area contributed by atoms with Crippen molar-refractivity contribution in [1.29, 1.82) is 0 Å². The Kier molecular flexibility index (Phi) is 5.62. The molecule has 4 rings (SSSR count). The highest BCUT2D eigenvalue weighted by molar-refractivity contribution is 7.17. The van der Waals surface area contributed by atoms with Crippen LogP contribution in [0.4, 0.5) is 5.00 Å². The Morgan fingerprint density at radius 1 is 1.10 bits per heavy atom. The van der Waals surface area contributed by atoms with Crippen LogP contribution < -0.4 is 5.32 Å². The van der Waals surface area contributed by atoms with Gasteiger partial charge in [-0.1, -0.05) is 30.3 Å². The first kappa shape index (κ1) is 19.2. The van der Waals surface area contributed by atoms with Crippen molar-refractivity contribution in [3.8, 4) is 0 Å². The maximum absolute atomic E-state index is 13.2. The summed E-state index contributed by atoms with van der Waals surface area (Å²) in [6, 6.07) is 13.0. The van der Waals surface area contributed by atoms with Gasteiger partial charge in [-0.05, 0) is 55.0 Å². The first-order valence-corrected chi connectivity index (χ1v) is 10.3. The number of nitrogens with one attached hydrogen (secondary N) is 1. The molecular weight excluding hydrogens is 386 g/mol. The lowest BCUT2D eigenvalue weighted by atomic mass is 9.95.